The van der Waals surface area contributed by atoms with Crippen molar-refractivity contribution in [3.63, 3.8) is 0 Å². The molecule has 1 aromatic carbocycles. The average Bonchev–Trinajstić information content (AvgIpc) is 2.54. The summed E-state index contributed by atoms with van der Waals surface area (Å²) in [5.74, 6) is -0.355. The van der Waals surface area contributed by atoms with Crippen LogP contribution in [0.2, 0.25) is 0 Å². The topological polar surface area (TPSA) is 77.5 Å². The van der Waals surface area contributed by atoms with Crippen LogP contribution in [-0.4, -0.2) is 30.6 Å². The van der Waals surface area contributed by atoms with E-state index in [0.29, 0.717) is 17.1 Å². The largest absolute Gasteiger partial charge is 0.468 e. The molecule has 0 atom stereocenters. The Labute approximate surface area is 121 Å². The lowest BCUT2D eigenvalue weighted by Gasteiger charge is -2.07. The van der Waals surface area contributed by atoms with Gasteiger partial charge in [0.05, 0.1) is 12.7 Å². The lowest BCUT2D eigenvalue weighted by atomic mass is 10.2. The van der Waals surface area contributed by atoms with Crippen molar-refractivity contribution < 1.29 is 19.1 Å². The standard InChI is InChI=1S/C15H14N2O4/c1-20-15(19)11-5-7-12(8-6-11)17-13(18)10-21-14-4-2-3-9-16-14/h2-9H,10H2,1H3,(H,17,18). The van der Waals surface area contributed by atoms with E-state index in [1.54, 1.807) is 48.7 Å². The zero-order valence-corrected chi connectivity index (χ0v) is 11.4. The number of esters is 1. The van der Waals surface area contributed by atoms with Gasteiger partial charge in [-0.1, -0.05) is 6.07 Å². The maximum atomic E-state index is 11.7. The second-order valence-corrected chi connectivity index (χ2v) is 4.07. The van der Waals surface area contributed by atoms with Crippen LogP contribution in [0, 0.1) is 0 Å². The number of anilines is 1. The molecule has 0 saturated heterocycles. The minimum Gasteiger partial charge on any atom is -0.468 e. The molecule has 0 aliphatic rings. The van der Waals surface area contributed by atoms with Crippen LogP contribution < -0.4 is 10.1 Å². The average molecular weight is 286 g/mol. The number of nitrogens with one attached hydrogen (secondary N) is 1. The smallest absolute Gasteiger partial charge is 0.337 e. The molecule has 21 heavy (non-hydrogen) atoms. The maximum Gasteiger partial charge on any atom is 0.337 e. The van der Waals surface area contributed by atoms with Crippen molar-refractivity contribution in [2.75, 3.05) is 19.0 Å². The number of ether oxygens (including phenoxy) is 2. The number of amides is 1. The molecular weight excluding hydrogens is 272 g/mol. The molecule has 0 saturated carbocycles. The predicted octanol–water partition coefficient (Wildman–Crippen LogP) is 1.89. The number of hydrogen-bond acceptors (Lipinski definition) is 5. The summed E-state index contributed by atoms with van der Waals surface area (Å²) in [6.45, 7) is -0.143. The summed E-state index contributed by atoms with van der Waals surface area (Å²) in [4.78, 5) is 26.9. The van der Waals surface area contributed by atoms with Gasteiger partial charge in [-0.3, -0.25) is 4.79 Å². The third kappa shape index (κ3) is 4.31. The number of carbonyl (C=O) groups is 2. The highest BCUT2D eigenvalue weighted by Gasteiger charge is 2.07. The van der Waals surface area contributed by atoms with E-state index >= 15 is 0 Å². The molecule has 0 aliphatic heterocycles. The fraction of sp³-hybridized carbons (Fsp3) is 0.133. The van der Waals surface area contributed by atoms with Crippen LogP contribution in [0.4, 0.5) is 5.69 Å². The first-order chi connectivity index (χ1) is 10.2. The van der Waals surface area contributed by atoms with Crippen molar-refractivity contribution in [2.24, 2.45) is 0 Å². The first-order valence-corrected chi connectivity index (χ1v) is 6.21. The third-order valence-electron chi connectivity index (χ3n) is 2.58. The highest BCUT2D eigenvalue weighted by molar-refractivity contribution is 5.93. The zero-order chi connectivity index (χ0) is 15.1. The highest BCUT2D eigenvalue weighted by Crippen LogP contribution is 2.10. The Morgan fingerprint density at radius 1 is 1.14 bits per heavy atom. The Bertz CT molecular complexity index is 611. The van der Waals surface area contributed by atoms with Gasteiger partial charge in [-0.05, 0) is 30.3 Å². The summed E-state index contributed by atoms with van der Waals surface area (Å²) in [5, 5.41) is 2.65. The quantitative estimate of drug-likeness (QED) is 0.849. The molecule has 2 rings (SSSR count). The number of methoxy groups -OCH3 is 1. The van der Waals surface area contributed by atoms with Crippen molar-refractivity contribution in [1.82, 2.24) is 4.98 Å². The molecule has 6 heteroatoms. The molecule has 108 valence electrons. The molecule has 6 nitrogen and oxygen atoms in total. The van der Waals surface area contributed by atoms with Crippen LogP contribution in [0.5, 0.6) is 5.88 Å². The fourth-order valence-electron chi connectivity index (χ4n) is 1.58. The van der Waals surface area contributed by atoms with Crippen LogP contribution in [0.15, 0.2) is 48.7 Å². The van der Waals surface area contributed by atoms with E-state index in [1.165, 1.54) is 7.11 Å². The molecule has 1 heterocycles. The van der Waals surface area contributed by atoms with Gasteiger partial charge in [0.2, 0.25) is 5.88 Å². The number of carbonyl (C=O) groups excluding carboxylic acids is 2. The second-order valence-electron chi connectivity index (χ2n) is 4.07. The van der Waals surface area contributed by atoms with Crippen molar-refractivity contribution in [2.45, 2.75) is 0 Å². The number of pyridine rings is 1. The Hall–Kier alpha value is -2.89. The van der Waals surface area contributed by atoms with E-state index in [1.807, 2.05) is 0 Å². The summed E-state index contributed by atoms with van der Waals surface area (Å²) < 4.78 is 9.81. The summed E-state index contributed by atoms with van der Waals surface area (Å²) in [6.07, 6.45) is 1.58. The first-order valence-electron chi connectivity index (χ1n) is 6.21. The van der Waals surface area contributed by atoms with Gasteiger partial charge in [0.25, 0.3) is 5.91 Å². The number of aromatic nitrogens is 1. The van der Waals surface area contributed by atoms with E-state index in [2.05, 4.69) is 15.0 Å². The third-order valence-corrected chi connectivity index (χ3v) is 2.58. The van der Waals surface area contributed by atoms with Gasteiger partial charge in [-0.15, -0.1) is 0 Å². The Kier molecular flexibility index (Phi) is 4.87. The summed E-state index contributed by atoms with van der Waals surface area (Å²) in [6, 6.07) is 11.6. The van der Waals surface area contributed by atoms with Gasteiger partial charge < -0.3 is 14.8 Å². The molecule has 0 spiro atoms. The summed E-state index contributed by atoms with van der Waals surface area (Å²) in [5.41, 5.74) is 0.984. The van der Waals surface area contributed by atoms with Gasteiger partial charge in [-0.25, -0.2) is 9.78 Å². The van der Waals surface area contributed by atoms with Crippen molar-refractivity contribution in [3.8, 4) is 5.88 Å². The van der Waals surface area contributed by atoms with E-state index in [-0.39, 0.29) is 12.5 Å². The van der Waals surface area contributed by atoms with Crippen LogP contribution in [0.1, 0.15) is 10.4 Å². The maximum absolute atomic E-state index is 11.7. The van der Waals surface area contributed by atoms with Gasteiger partial charge >= 0.3 is 5.97 Å². The minimum atomic E-state index is -0.425. The van der Waals surface area contributed by atoms with Gasteiger partial charge in [0, 0.05) is 18.0 Å². The number of benzene rings is 1. The fourth-order valence-corrected chi connectivity index (χ4v) is 1.58. The van der Waals surface area contributed by atoms with Gasteiger partial charge in [-0.2, -0.15) is 0 Å². The molecule has 1 aromatic heterocycles. The van der Waals surface area contributed by atoms with Gasteiger partial charge in [0.15, 0.2) is 6.61 Å². The van der Waals surface area contributed by atoms with Crippen molar-refractivity contribution >= 4 is 17.6 Å². The normalized spacial score (nSPS) is 9.76. The monoisotopic (exact) mass is 286 g/mol. The predicted molar refractivity (Wildman–Crippen MR) is 76.1 cm³/mol. The Morgan fingerprint density at radius 3 is 2.52 bits per heavy atom. The molecule has 1 N–H and O–H groups in total. The number of rotatable bonds is 5. The zero-order valence-electron chi connectivity index (χ0n) is 11.4. The molecule has 0 aliphatic carbocycles. The van der Waals surface area contributed by atoms with E-state index in [4.69, 9.17) is 4.74 Å². The molecule has 0 fully saturated rings. The van der Waals surface area contributed by atoms with Crippen LogP contribution >= 0.6 is 0 Å². The van der Waals surface area contributed by atoms with E-state index in [9.17, 15) is 9.59 Å². The number of nitrogens with zero attached hydrogens (tertiary/aromatic N) is 1. The lowest BCUT2D eigenvalue weighted by molar-refractivity contribution is -0.118. The molecule has 2 aromatic rings. The molecule has 1 amide bonds. The SMILES string of the molecule is COC(=O)c1ccc(NC(=O)COc2ccccn2)cc1. The van der Waals surface area contributed by atoms with Crippen molar-refractivity contribution in [1.29, 1.82) is 0 Å². The minimum absolute atomic E-state index is 0.143. The first kappa shape index (κ1) is 14.5. The highest BCUT2D eigenvalue weighted by atomic mass is 16.5. The van der Waals surface area contributed by atoms with Gasteiger partial charge in [0.1, 0.15) is 0 Å². The van der Waals surface area contributed by atoms with Crippen LogP contribution in [-0.2, 0) is 9.53 Å². The van der Waals surface area contributed by atoms with Crippen LogP contribution in [0.25, 0.3) is 0 Å². The second kappa shape index (κ2) is 7.04. The molecular formula is C15H14N2O4. The summed E-state index contributed by atoms with van der Waals surface area (Å²) >= 11 is 0. The summed E-state index contributed by atoms with van der Waals surface area (Å²) in [7, 11) is 1.31. The molecule has 0 bridgehead atoms. The van der Waals surface area contributed by atoms with Crippen LogP contribution in [0.3, 0.4) is 0 Å². The Morgan fingerprint density at radius 2 is 1.90 bits per heavy atom. The number of hydrogen-bond donors (Lipinski definition) is 1. The molecule has 0 radical (unpaired) electrons. The Balaban J connectivity index is 1.86. The van der Waals surface area contributed by atoms with E-state index in [0.717, 1.165) is 0 Å². The van der Waals surface area contributed by atoms with Crippen molar-refractivity contribution in [3.05, 3.63) is 54.2 Å². The van der Waals surface area contributed by atoms with E-state index < -0.39 is 5.97 Å². The molecule has 0 unspecified atom stereocenters. The lowest BCUT2D eigenvalue weighted by Crippen LogP contribution is -2.20.